The van der Waals surface area contributed by atoms with E-state index in [2.05, 4.69) is 154 Å². The minimum atomic E-state index is -0.800. The summed E-state index contributed by atoms with van der Waals surface area (Å²) < 4.78 is 16.9. The number of carbonyl (C=O) groups excluding carboxylic acids is 3. The lowest BCUT2D eigenvalue weighted by molar-refractivity contribution is -0.167. The third-order valence-corrected chi connectivity index (χ3v) is 13.1. The normalized spacial score (nSPS) is 13.0. The molecule has 0 aliphatic carbocycles. The van der Waals surface area contributed by atoms with Gasteiger partial charge in [-0.15, -0.1) is 0 Å². The van der Waals surface area contributed by atoms with E-state index in [0.717, 1.165) is 161 Å². The zero-order valence-corrected chi connectivity index (χ0v) is 49.9. The van der Waals surface area contributed by atoms with Gasteiger partial charge in [0.2, 0.25) is 0 Å². The Hall–Kier alpha value is -4.45. The van der Waals surface area contributed by atoms with Gasteiger partial charge in [0.15, 0.2) is 6.10 Å². The highest BCUT2D eigenvalue weighted by Crippen LogP contribution is 2.14. The van der Waals surface area contributed by atoms with Crippen molar-refractivity contribution in [3.63, 3.8) is 0 Å². The molecule has 0 amide bonds. The predicted octanol–water partition coefficient (Wildman–Crippen LogP) is 21.8. The van der Waals surface area contributed by atoms with Gasteiger partial charge in [0.25, 0.3) is 0 Å². The van der Waals surface area contributed by atoms with Crippen LogP contribution in [0.5, 0.6) is 0 Å². The molecule has 6 nitrogen and oxygen atoms in total. The van der Waals surface area contributed by atoms with Crippen LogP contribution in [0.25, 0.3) is 0 Å². The van der Waals surface area contributed by atoms with E-state index in [1.165, 1.54) is 77.0 Å². The van der Waals surface area contributed by atoms with Crippen LogP contribution in [-0.2, 0) is 28.6 Å². The summed E-state index contributed by atoms with van der Waals surface area (Å²) in [7, 11) is 0. The van der Waals surface area contributed by atoms with Crippen molar-refractivity contribution in [2.75, 3.05) is 13.2 Å². The fourth-order valence-electron chi connectivity index (χ4n) is 8.36. The van der Waals surface area contributed by atoms with Crippen molar-refractivity contribution in [1.82, 2.24) is 0 Å². The van der Waals surface area contributed by atoms with E-state index in [4.69, 9.17) is 14.2 Å². The Bertz CT molecular complexity index is 1650. The first-order valence-electron chi connectivity index (χ1n) is 31.7. The Kier molecular flexibility index (Phi) is 60.4. The summed E-state index contributed by atoms with van der Waals surface area (Å²) in [5.41, 5.74) is 0. The highest BCUT2D eigenvalue weighted by atomic mass is 16.6. The zero-order chi connectivity index (χ0) is 55.7. The van der Waals surface area contributed by atoms with Gasteiger partial charge in [0.1, 0.15) is 13.2 Å². The minimum absolute atomic E-state index is 0.0955. The minimum Gasteiger partial charge on any atom is -0.462 e. The summed E-state index contributed by atoms with van der Waals surface area (Å²) in [6.45, 7) is 6.45. The number of unbranched alkanes of at least 4 members (excludes halogenated alkanes) is 23. The molecule has 0 aliphatic rings. The Balaban J connectivity index is 4.34. The van der Waals surface area contributed by atoms with Gasteiger partial charge in [-0.25, -0.2) is 0 Å². The van der Waals surface area contributed by atoms with Gasteiger partial charge in [-0.2, -0.15) is 0 Å². The molecule has 0 aromatic heterocycles. The monoisotopic (exact) mass is 1060 g/mol. The third-order valence-electron chi connectivity index (χ3n) is 13.1. The number of allylic oxidation sites excluding steroid dienone is 22. The van der Waals surface area contributed by atoms with Crippen molar-refractivity contribution >= 4 is 17.9 Å². The van der Waals surface area contributed by atoms with Crippen LogP contribution < -0.4 is 0 Å². The van der Waals surface area contributed by atoms with Gasteiger partial charge in [-0.3, -0.25) is 14.4 Å². The van der Waals surface area contributed by atoms with E-state index in [9.17, 15) is 14.4 Å². The number of ether oxygens (including phenoxy) is 3. The molecule has 0 heterocycles. The second kappa shape index (κ2) is 64.1. The maximum absolute atomic E-state index is 12.9. The Morgan fingerprint density at radius 3 is 0.831 bits per heavy atom. The highest BCUT2D eigenvalue weighted by molar-refractivity contribution is 5.71. The molecule has 0 aliphatic heterocycles. The van der Waals surface area contributed by atoms with Gasteiger partial charge in [-0.05, 0) is 141 Å². The molecular weight excluding hydrogens is 949 g/mol. The average molecular weight is 1070 g/mol. The molecule has 0 aromatic carbocycles. The maximum atomic E-state index is 12.9. The van der Waals surface area contributed by atoms with Crippen molar-refractivity contribution in [3.8, 4) is 0 Å². The molecule has 0 spiro atoms. The van der Waals surface area contributed by atoms with Crippen LogP contribution in [0.4, 0.5) is 0 Å². The van der Waals surface area contributed by atoms with Crippen LogP contribution in [0.2, 0.25) is 0 Å². The molecule has 0 N–H and O–H groups in total. The van der Waals surface area contributed by atoms with E-state index >= 15 is 0 Å². The van der Waals surface area contributed by atoms with Gasteiger partial charge in [0.05, 0.1) is 0 Å². The van der Waals surface area contributed by atoms with E-state index < -0.39 is 6.10 Å². The Morgan fingerprint density at radius 2 is 0.506 bits per heavy atom. The molecule has 1 unspecified atom stereocenters. The largest absolute Gasteiger partial charge is 0.462 e. The molecule has 0 saturated heterocycles. The van der Waals surface area contributed by atoms with Crippen LogP contribution >= 0.6 is 0 Å². The third kappa shape index (κ3) is 62.3. The first-order chi connectivity index (χ1) is 38.0. The Labute approximate surface area is 475 Å². The first kappa shape index (κ1) is 72.5. The summed E-state index contributed by atoms with van der Waals surface area (Å²) in [6, 6.07) is 0. The summed E-state index contributed by atoms with van der Waals surface area (Å²) in [4.78, 5) is 38.2. The molecule has 0 rings (SSSR count). The fraction of sp³-hybridized carbons (Fsp3) is 0.648. The van der Waals surface area contributed by atoms with Crippen LogP contribution in [0, 0.1) is 0 Å². The maximum Gasteiger partial charge on any atom is 0.306 e. The van der Waals surface area contributed by atoms with E-state index in [1.54, 1.807) is 0 Å². The molecular formula is C71H116O6. The lowest BCUT2D eigenvalue weighted by Gasteiger charge is -2.18. The lowest BCUT2D eigenvalue weighted by atomic mass is 10.1. The van der Waals surface area contributed by atoms with E-state index in [1.807, 2.05) is 0 Å². The quantitative estimate of drug-likeness (QED) is 0.0261. The highest BCUT2D eigenvalue weighted by Gasteiger charge is 2.19. The number of hydrogen-bond donors (Lipinski definition) is 0. The summed E-state index contributed by atoms with van der Waals surface area (Å²) >= 11 is 0. The number of rotatable bonds is 56. The molecule has 1 atom stereocenters. The first-order valence-corrected chi connectivity index (χ1v) is 31.7. The SMILES string of the molecule is CC/C=C\C/C=C\C/C=C\C/C=C\C/C=C\C/C=C\C/C=C\C/C=C\CCCCCCCCC(=O)OCC(COC(=O)CCCCCCC/C=C\CCCCCC)OC(=O)CCCCCCC/C=C\C/C=C\CCCCC. The smallest absolute Gasteiger partial charge is 0.306 e. The van der Waals surface area contributed by atoms with E-state index in [0.29, 0.717) is 19.3 Å². The summed E-state index contributed by atoms with van der Waals surface area (Å²) in [5.74, 6) is -0.932. The molecule has 0 fully saturated rings. The molecule has 0 bridgehead atoms. The summed E-state index contributed by atoms with van der Waals surface area (Å²) in [6.07, 6.45) is 90.2. The van der Waals surface area contributed by atoms with Gasteiger partial charge >= 0.3 is 17.9 Å². The lowest BCUT2D eigenvalue weighted by Crippen LogP contribution is -2.30. The van der Waals surface area contributed by atoms with Crippen molar-refractivity contribution in [3.05, 3.63) is 134 Å². The molecule has 0 radical (unpaired) electrons. The number of hydrogen-bond acceptors (Lipinski definition) is 6. The number of carbonyl (C=O) groups is 3. The second-order valence-corrected chi connectivity index (χ2v) is 20.6. The second-order valence-electron chi connectivity index (χ2n) is 20.6. The van der Waals surface area contributed by atoms with Crippen LogP contribution in [-0.4, -0.2) is 37.2 Å². The van der Waals surface area contributed by atoms with Crippen LogP contribution in [0.1, 0.15) is 278 Å². The van der Waals surface area contributed by atoms with Crippen LogP contribution in [0.15, 0.2) is 134 Å². The summed E-state index contributed by atoms with van der Waals surface area (Å²) in [5, 5.41) is 0. The van der Waals surface area contributed by atoms with Crippen LogP contribution in [0.3, 0.4) is 0 Å². The molecule has 0 saturated carbocycles. The topological polar surface area (TPSA) is 78.9 Å². The fourth-order valence-corrected chi connectivity index (χ4v) is 8.36. The average Bonchev–Trinajstić information content (AvgIpc) is 3.43. The van der Waals surface area contributed by atoms with Gasteiger partial charge in [0, 0.05) is 19.3 Å². The Morgan fingerprint density at radius 1 is 0.273 bits per heavy atom. The molecule has 436 valence electrons. The molecule has 0 aromatic rings. The molecule has 77 heavy (non-hydrogen) atoms. The van der Waals surface area contributed by atoms with Crippen molar-refractivity contribution in [1.29, 1.82) is 0 Å². The van der Waals surface area contributed by atoms with E-state index in [-0.39, 0.29) is 31.1 Å². The zero-order valence-electron chi connectivity index (χ0n) is 49.9. The number of esters is 3. The van der Waals surface area contributed by atoms with Crippen molar-refractivity contribution in [2.45, 2.75) is 284 Å². The molecule has 6 heteroatoms. The van der Waals surface area contributed by atoms with Crippen molar-refractivity contribution in [2.24, 2.45) is 0 Å². The van der Waals surface area contributed by atoms with Gasteiger partial charge < -0.3 is 14.2 Å². The predicted molar refractivity (Wildman–Crippen MR) is 334 cm³/mol. The van der Waals surface area contributed by atoms with Gasteiger partial charge in [-0.1, -0.05) is 251 Å². The van der Waals surface area contributed by atoms with Crippen molar-refractivity contribution < 1.29 is 28.6 Å². The standard InChI is InChI=1S/C71H116O6/c1-4-7-10-13-16-19-22-25-27-28-29-30-31-32-33-34-35-36-37-38-39-40-41-42-44-46-49-52-55-58-61-64-70(73)76-67-68(66-75-69(72)63-60-57-54-51-48-45-24-21-18-15-12-9-6-3)77-71(74)65-62-59-56-53-50-47-43-26-23-20-17-14-11-8-5-2/h7,10,16-17,19-21,24-27,29-30,32-33,35-36,38-39,41-43,68H,4-6,8-9,11-15,18,22-23,28,31,34,37,40,44-67H2,1-3H3/b10-7-,19-16-,20-17-,24-21-,27-25-,30-29-,33-32-,36-35-,39-38-,42-41-,43-26-.